The summed E-state index contributed by atoms with van der Waals surface area (Å²) in [6, 6.07) is 18.2. The predicted molar refractivity (Wildman–Crippen MR) is 134 cm³/mol. The smallest absolute Gasteiger partial charge is 0.443 e. The number of aliphatic hydroxyl groups excluding tert-OH is 1. The SMILES string of the molecule is C[C@H](C(=O)N1C(=O)O[C@@H]([C]2[CH][CH][CH][CH]2)[C@H]1Cc1ccccc1)[C@@H](O)c1ccccc1.[CH]1[CH][CH][CH][CH]1.[Fe+2]. The minimum atomic E-state index is -1.01. The third kappa shape index (κ3) is 6.99. The van der Waals surface area contributed by atoms with Crippen LogP contribution in [0.2, 0.25) is 0 Å². The molecule has 4 atom stereocenters. The van der Waals surface area contributed by atoms with Crippen LogP contribution in [0.3, 0.4) is 0 Å². The predicted octanol–water partition coefficient (Wildman–Crippen LogP) is 4.74. The van der Waals surface area contributed by atoms with Crippen molar-refractivity contribution in [1.82, 2.24) is 4.90 Å². The molecule has 0 aromatic heterocycles. The van der Waals surface area contributed by atoms with Gasteiger partial charge >= 0.3 is 23.2 Å². The maximum atomic E-state index is 13.4. The number of amides is 2. The van der Waals surface area contributed by atoms with E-state index in [0.717, 1.165) is 11.5 Å². The number of hydrogen-bond acceptors (Lipinski definition) is 4. The van der Waals surface area contributed by atoms with Crippen LogP contribution in [0.15, 0.2) is 60.7 Å². The van der Waals surface area contributed by atoms with Crippen molar-refractivity contribution in [3.8, 4) is 0 Å². The summed E-state index contributed by atoms with van der Waals surface area (Å²) in [5.41, 5.74) is 1.64. The first-order valence-electron chi connectivity index (χ1n) is 11.7. The number of cyclic esters (lactones) is 1. The maximum absolute atomic E-state index is 13.4. The second-order valence-electron chi connectivity index (χ2n) is 8.59. The molecule has 1 aliphatic heterocycles. The second-order valence-corrected chi connectivity index (χ2v) is 8.59. The van der Waals surface area contributed by atoms with Gasteiger partial charge in [0.1, 0.15) is 6.10 Å². The number of aliphatic hydroxyl groups is 1. The van der Waals surface area contributed by atoms with Gasteiger partial charge in [0, 0.05) is 5.92 Å². The molecule has 36 heavy (non-hydrogen) atoms. The van der Waals surface area contributed by atoms with Gasteiger partial charge in [0.05, 0.1) is 18.1 Å². The topological polar surface area (TPSA) is 66.8 Å². The van der Waals surface area contributed by atoms with Crippen LogP contribution in [-0.4, -0.2) is 34.2 Å². The molecule has 5 rings (SSSR count). The van der Waals surface area contributed by atoms with Crippen LogP contribution >= 0.6 is 0 Å². The molecule has 3 aliphatic rings. The van der Waals surface area contributed by atoms with Crippen molar-refractivity contribution < 1.29 is 36.5 Å². The van der Waals surface area contributed by atoms with Crippen molar-refractivity contribution in [3.63, 3.8) is 0 Å². The molecule has 1 N–H and O–H groups in total. The van der Waals surface area contributed by atoms with E-state index in [1.165, 1.54) is 4.90 Å². The summed E-state index contributed by atoms with van der Waals surface area (Å²) in [5, 5.41) is 10.7. The zero-order valence-corrected chi connectivity index (χ0v) is 21.1. The van der Waals surface area contributed by atoms with E-state index < -0.39 is 36.2 Å². The normalized spacial score (nSPS) is 23.3. The fourth-order valence-electron chi connectivity index (χ4n) is 4.30. The molecule has 0 unspecified atom stereocenters. The van der Waals surface area contributed by atoms with E-state index in [4.69, 9.17) is 4.74 Å². The van der Waals surface area contributed by atoms with Crippen molar-refractivity contribution in [2.45, 2.75) is 31.6 Å². The largest absolute Gasteiger partial charge is 2.00 e. The molecule has 1 saturated heterocycles. The van der Waals surface area contributed by atoms with Crippen LogP contribution in [0.1, 0.15) is 24.2 Å². The minimum Gasteiger partial charge on any atom is -0.443 e. The summed E-state index contributed by atoms with van der Waals surface area (Å²) < 4.78 is 5.64. The molecule has 6 heteroatoms. The van der Waals surface area contributed by atoms with Crippen molar-refractivity contribution in [2.75, 3.05) is 0 Å². The fourth-order valence-corrected chi connectivity index (χ4v) is 4.30. The summed E-state index contributed by atoms with van der Waals surface area (Å²) in [4.78, 5) is 27.3. The van der Waals surface area contributed by atoms with Gasteiger partial charge in [0.15, 0.2) is 0 Å². The quantitative estimate of drug-likeness (QED) is 0.556. The molecule has 3 fully saturated rings. The van der Waals surface area contributed by atoms with E-state index in [0.29, 0.717) is 12.0 Å². The Morgan fingerprint density at radius 3 is 1.97 bits per heavy atom. The summed E-state index contributed by atoms with van der Waals surface area (Å²) in [7, 11) is 0. The van der Waals surface area contributed by atoms with Gasteiger partial charge in [-0.3, -0.25) is 4.79 Å². The zero-order chi connectivity index (χ0) is 24.6. The first-order valence-corrected chi connectivity index (χ1v) is 11.7. The monoisotopic (exact) mass is 523 g/mol. The maximum Gasteiger partial charge on any atom is 2.00 e. The van der Waals surface area contributed by atoms with E-state index in [1.807, 2.05) is 106 Å². The number of benzene rings is 2. The summed E-state index contributed by atoms with van der Waals surface area (Å²) in [6.45, 7) is 1.64. The number of rotatable bonds is 6. The fraction of sp³-hybridized carbons (Fsp3) is 0.200. The number of carbonyl (C=O) groups is 2. The molecule has 2 aromatic rings. The average molecular weight is 523 g/mol. The van der Waals surface area contributed by atoms with Gasteiger partial charge in [-0.1, -0.05) is 67.6 Å². The van der Waals surface area contributed by atoms with Crippen LogP contribution in [-0.2, 0) is 33.0 Å². The molecule has 0 bridgehead atoms. The van der Waals surface area contributed by atoms with Crippen molar-refractivity contribution >= 4 is 12.0 Å². The van der Waals surface area contributed by atoms with E-state index in [1.54, 1.807) is 19.1 Å². The van der Waals surface area contributed by atoms with Crippen LogP contribution < -0.4 is 0 Å². The minimum absolute atomic E-state index is 0. The van der Waals surface area contributed by atoms with Gasteiger partial charge in [0.2, 0.25) is 5.91 Å². The van der Waals surface area contributed by atoms with Crippen LogP contribution in [0.25, 0.3) is 0 Å². The first kappa shape index (κ1) is 28.4. The molecule has 5 nitrogen and oxygen atoms in total. The molecule has 2 amide bonds. The summed E-state index contributed by atoms with van der Waals surface area (Å²) in [5.74, 6) is -0.376. The van der Waals surface area contributed by atoms with Crippen molar-refractivity contribution in [2.24, 2.45) is 5.92 Å². The molecule has 184 valence electrons. The number of ether oxygens (including phenoxy) is 1. The van der Waals surface area contributed by atoms with E-state index in [9.17, 15) is 14.7 Å². The van der Waals surface area contributed by atoms with E-state index in [-0.39, 0.29) is 17.1 Å². The van der Waals surface area contributed by atoms with Gasteiger partial charge in [-0.05, 0) is 75.3 Å². The van der Waals surface area contributed by atoms with Gasteiger partial charge < -0.3 is 9.84 Å². The Bertz CT molecular complexity index is 936. The van der Waals surface area contributed by atoms with E-state index in [2.05, 4.69) is 0 Å². The van der Waals surface area contributed by atoms with Crippen molar-refractivity contribution in [1.29, 1.82) is 0 Å². The third-order valence-electron chi connectivity index (χ3n) is 6.21. The molecule has 1 heterocycles. The molecule has 2 aliphatic carbocycles. The van der Waals surface area contributed by atoms with E-state index >= 15 is 0 Å². The first-order chi connectivity index (χ1) is 17.1. The molecule has 0 spiro atoms. The molecular formula is C30H29FeNO4+2. The van der Waals surface area contributed by atoms with Gasteiger partial charge in [0.25, 0.3) is 0 Å². The van der Waals surface area contributed by atoms with Gasteiger partial charge in [-0.15, -0.1) is 0 Å². The Kier molecular flexibility index (Phi) is 11.0. The van der Waals surface area contributed by atoms with Gasteiger partial charge in [-0.2, -0.15) is 0 Å². The average Bonchev–Trinajstić information content (AvgIpc) is 3.68. The molecule has 2 saturated carbocycles. The van der Waals surface area contributed by atoms with Crippen LogP contribution in [0.5, 0.6) is 0 Å². The summed E-state index contributed by atoms with van der Waals surface area (Å²) in [6.07, 6.45) is 15.8. The Labute approximate surface area is 226 Å². The Morgan fingerprint density at radius 2 is 1.42 bits per heavy atom. The van der Waals surface area contributed by atoms with Crippen LogP contribution in [0, 0.1) is 69.6 Å². The van der Waals surface area contributed by atoms with Crippen LogP contribution in [0.4, 0.5) is 4.79 Å². The third-order valence-corrected chi connectivity index (χ3v) is 6.21. The molecule has 2 aromatic carbocycles. The van der Waals surface area contributed by atoms with Crippen molar-refractivity contribution in [3.05, 3.63) is 135 Å². The Balaban J connectivity index is 0.000000538. The van der Waals surface area contributed by atoms with Gasteiger partial charge in [-0.25, -0.2) is 9.69 Å². The molecule has 10 radical (unpaired) electrons. The number of hydrogen-bond donors (Lipinski definition) is 1. The molecular weight excluding hydrogens is 494 g/mol. The number of carbonyl (C=O) groups excluding carboxylic acids is 2. The zero-order valence-electron chi connectivity index (χ0n) is 20.0. The summed E-state index contributed by atoms with van der Waals surface area (Å²) >= 11 is 0. The standard InChI is InChI=1S/C25H24NO4.C5H5.Fe/c1-17(22(27)19-12-6-3-7-13-19)24(28)26-21(16-18-10-4-2-5-11-18)23(30-25(26)29)20-14-8-9-15-20;1-2-4-5-3-1;/h2-15,17,21-23,27H,16H2,1H3;1-5H;/q;;+2/t17-,21+,22+,23-;;/m0../s1. The number of imide groups is 1. The second kappa shape index (κ2) is 14.0. The Hall–Kier alpha value is -2.14. The number of nitrogens with zero attached hydrogens (tertiary/aromatic N) is 1. The Morgan fingerprint density at radius 1 is 0.889 bits per heavy atom.